The lowest BCUT2D eigenvalue weighted by atomic mass is 10.1. The van der Waals surface area contributed by atoms with Crippen LogP contribution in [-0.2, 0) is 4.79 Å². The highest BCUT2D eigenvalue weighted by atomic mass is 16.2. The van der Waals surface area contributed by atoms with Gasteiger partial charge in [-0.1, -0.05) is 39.0 Å². The summed E-state index contributed by atoms with van der Waals surface area (Å²) in [5.74, 6) is -0.140. The highest BCUT2D eigenvalue weighted by Gasteiger charge is 2.01. The Kier molecular flexibility index (Phi) is 9.46. The number of carbonyl (C=O) groups excluding carboxylic acids is 2. The fraction of sp³-hybridized carbons (Fsp3) is 0.818. The topological polar surface area (TPSA) is 70.2 Å². The smallest absolute Gasteiger partial charge is 0.333 e. The molecular weight excluding hydrogens is 206 g/mol. The van der Waals surface area contributed by atoms with Crippen molar-refractivity contribution in [3.05, 3.63) is 0 Å². The van der Waals surface area contributed by atoms with Gasteiger partial charge in [0.05, 0.1) is 0 Å². The van der Waals surface area contributed by atoms with Gasteiger partial charge < -0.3 is 5.32 Å². The molecule has 0 saturated heterocycles. The number of nitrogens with one attached hydrogen (secondary N) is 3. The van der Waals surface area contributed by atoms with Crippen molar-refractivity contribution >= 4 is 11.9 Å². The fourth-order valence-corrected chi connectivity index (χ4v) is 1.32. The van der Waals surface area contributed by atoms with E-state index in [9.17, 15) is 9.59 Å². The van der Waals surface area contributed by atoms with Crippen molar-refractivity contribution in [1.29, 1.82) is 0 Å². The van der Waals surface area contributed by atoms with Gasteiger partial charge >= 0.3 is 6.03 Å². The Morgan fingerprint density at radius 1 is 0.938 bits per heavy atom. The van der Waals surface area contributed by atoms with Gasteiger partial charge in [0.1, 0.15) is 0 Å². The van der Waals surface area contributed by atoms with Crippen molar-refractivity contribution in [3.63, 3.8) is 0 Å². The van der Waals surface area contributed by atoms with Crippen molar-refractivity contribution in [2.75, 3.05) is 7.05 Å². The van der Waals surface area contributed by atoms with E-state index in [-0.39, 0.29) is 5.91 Å². The van der Waals surface area contributed by atoms with Crippen LogP contribution in [-0.4, -0.2) is 19.0 Å². The molecule has 0 unspecified atom stereocenters. The van der Waals surface area contributed by atoms with Crippen LogP contribution < -0.4 is 16.2 Å². The average molecular weight is 229 g/mol. The van der Waals surface area contributed by atoms with Crippen molar-refractivity contribution in [2.24, 2.45) is 0 Å². The second kappa shape index (κ2) is 10.3. The molecule has 0 aromatic carbocycles. The van der Waals surface area contributed by atoms with Crippen LogP contribution in [0.4, 0.5) is 4.79 Å². The van der Waals surface area contributed by atoms with E-state index in [0.29, 0.717) is 6.42 Å². The first-order chi connectivity index (χ1) is 7.70. The molecule has 0 heterocycles. The monoisotopic (exact) mass is 229 g/mol. The molecule has 0 aliphatic carbocycles. The van der Waals surface area contributed by atoms with Gasteiger partial charge in [-0.15, -0.1) is 0 Å². The molecule has 5 nitrogen and oxygen atoms in total. The predicted octanol–water partition coefficient (Wildman–Crippen LogP) is 1.70. The molecule has 0 rings (SSSR count). The summed E-state index contributed by atoms with van der Waals surface area (Å²) in [6.45, 7) is 2.18. The van der Waals surface area contributed by atoms with Crippen molar-refractivity contribution in [2.45, 2.75) is 51.9 Å². The van der Waals surface area contributed by atoms with Gasteiger partial charge in [-0.2, -0.15) is 0 Å². The van der Waals surface area contributed by atoms with E-state index in [2.05, 4.69) is 23.1 Å². The van der Waals surface area contributed by atoms with E-state index >= 15 is 0 Å². The Balaban J connectivity index is 3.27. The molecule has 0 aliphatic heterocycles. The molecule has 0 saturated carbocycles. The molecule has 94 valence electrons. The quantitative estimate of drug-likeness (QED) is 0.459. The van der Waals surface area contributed by atoms with E-state index in [0.717, 1.165) is 12.8 Å². The van der Waals surface area contributed by atoms with Crippen LogP contribution in [0.25, 0.3) is 0 Å². The fourth-order valence-electron chi connectivity index (χ4n) is 1.32. The minimum atomic E-state index is -0.406. The number of rotatable bonds is 7. The summed E-state index contributed by atoms with van der Waals surface area (Å²) >= 11 is 0. The zero-order chi connectivity index (χ0) is 12.2. The van der Waals surface area contributed by atoms with Crippen LogP contribution in [0, 0.1) is 0 Å². The Morgan fingerprint density at radius 3 is 2.19 bits per heavy atom. The second-order valence-corrected chi connectivity index (χ2v) is 3.77. The third-order valence-electron chi connectivity index (χ3n) is 2.30. The molecule has 0 radical (unpaired) electrons. The molecule has 0 atom stereocenters. The maximum Gasteiger partial charge on any atom is 0.333 e. The molecule has 3 N–H and O–H groups in total. The Bertz CT molecular complexity index is 207. The first kappa shape index (κ1) is 14.7. The lowest BCUT2D eigenvalue weighted by Gasteiger charge is -2.06. The van der Waals surface area contributed by atoms with Crippen LogP contribution in [0.5, 0.6) is 0 Å². The number of hydrogen-bond donors (Lipinski definition) is 3. The zero-order valence-corrected chi connectivity index (χ0v) is 10.3. The molecule has 0 spiro atoms. The van der Waals surface area contributed by atoms with E-state index in [1.165, 1.54) is 32.7 Å². The van der Waals surface area contributed by atoms with E-state index in [4.69, 9.17) is 0 Å². The maximum atomic E-state index is 11.2. The molecule has 16 heavy (non-hydrogen) atoms. The predicted molar refractivity (Wildman–Crippen MR) is 63.7 cm³/mol. The van der Waals surface area contributed by atoms with Crippen LogP contribution in [0.15, 0.2) is 0 Å². The highest BCUT2D eigenvalue weighted by Crippen LogP contribution is 2.06. The normalized spacial score (nSPS) is 9.62. The van der Waals surface area contributed by atoms with Crippen molar-refractivity contribution in [1.82, 2.24) is 16.2 Å². The first-order valence-corrected chi connectivity index (χ1v) is 5.97. The number of carbonyl (C=O) groups is 2. The third kappa shape index (κ3) is 9.30. The molecule has 0 aromatic heterocycles. The minimum absolute atomic E-state index is 0.140. The van der Waals surface area contributed by atoms with E-state index in [1.54, 1.807) is 0 Å². The van der Waals surface area contributed by atoms with Gasteiger partial charge in [0.25, 0.3) is 0 Å². The molecule has 0 fully saturated rings. The van der Waals surface area contributed by atoms with E-state index < -0.39 is 6.03 Å². The summed E-state index contributed by atoms with van der Waals surface area (Å²) < 4.78 is 0. The van der Waals surface area contributed by atoms with Crippen molar-refractivity contribution in [3.8, 4) is 0 Å². The number of unbranched alkanes of at least 4 members (excludes halogenated alkanes) is 5. The van der Waals surface area contributed by atoms with Gasteiger partial charge in [0.2, 0.25) is 5.91 Å². The van der Waals surface area contributed by atoms with E-state index in [1.807, 2.05) is 0 Å². The summed E-state index contributed by atoms with van der Waals surface area (Å²) in [6.07, 6.45) is 7.36. The van der Waals surface area contributed by atoms with Crippen LogP contribution in [0.1, 0.15) is 51.9 Å². The summed E-state index contributed by atoms with van der Waals surface area (Å²) in [4.78, 5) is 21.9. The molecule has 0 aliphatic rings. The molecule has 3 amide bonds. The number of urea groups is 1. The summed E-state index contributed by atoms with van der Waals surface area (Å²) in [5.41, 5.74) is 4.58. The highest BCUT2D eigenvalue weighted by molar-refractivity contribution is 5.80. The van der Waals surface area contributed by atoms with Crippen LogP contribution in [0.3, 0.4) is 0 Å². The van der Waals surface area contributed by atoms with Crippen LogP contribution in [0.2, 0.25) is 0 Å². The second-order valence-electron chi connectivity index (χ2n) is 3.77. The minimum Gasteiger partial charge on any atom is -0.340 e. The molecule has 5 heteroatoms. The SMILES string of the molecule is CCCCCCCCC(=O)NNC(=O)NC. The Morgan fingerprint density at radius 2 is 1.56 bits per heavy atom. The summed E-state index contributed by atoms with van der Waals surface area (Å²) in [5, 5.41) is 2.35. The molecule has 0 bridgehead atoms. The molecular formula is C11H23N3O2. The van der Waals surface area contributed by atoms with Gasteiger partial charge in [0, 0.05) is 13.5 Å². The van der Waals surface area contributed by atoms with Crippen LogP contribution >= 0.6 is 0 Å². The lowest BCUT2D eigenvalue weighted by molar-refractivity contribution is -0.121. The number of amides is 3. The third-order valence-corrected chi connectivity index (χ3v) is 2.30. The van der Waals surface area contributed by atoms with Crippen molar-refractivity contribution < 1.29 is 9.59 Å². The zero-order valence-electron chi connectivity index (χ0n) is 10.3. The Labute approximate surface area is 97.3 Å². The molecule has 0 aromatic rings. The van der Waals surface area contributed by atoms with Gasteiger partial charge in [-0.25, -0.2) is 10.2 Å². The average Bonchev–Trinajstić information content (AvgIpc) is 2.30. The van der Waals surface area contributed by atoms with Gasteiger partial charge in [-0.05, 0) is 6.42 Å². The largest absolute Gasteiger partial charge is 0.340 e. The summed E-state index contributed by atoms with van der Waals surface area (Å²) in [6, 6.07) is -0.406. The number of hydrogen-bond acceptors (Lipinski definition) is 2. The maximum absolute atomic E-state index is 11.2. The first-order valence-electron chi connectivity index (χ1n) is 5.97. The van der Waals surface area contributed by atoms with Gasteiger partial charge in [-0.3, -0.25) is 10.2 Å². The lowest BCUT2D eigenvalue weighted by Crippen LogP contribution is -2.45. The summed E-state index contributed by atoms with van der Waals surface area (Å²) in [7, 11) is 1.50. The van der Waals surface area contributed by atoms with Gasteiger partial charge in [0.15, 0.2) is 0 Å². The standard InChI is InChI=1S/C11H23N3O2/c1-3-4-5-6-7-8-9-10(15)13-14-11(16)12-2/h3-9H2,1-2H3,(H,13,15)(H2,12,14,16). The number of hydrazine groups is 1. The Hall–Kier alpha value is -1.26.